The average Bonchev–Trinajstić information content (AvgIpc) is 2.69. The van der Waals surface area contributed by atoms with Crippen LogP contribution < -0.4 is 10.6 Å². The number of imidazole rings is 1. The second kappa shape index (κ2) is 4.71. The summed E-state index contributed by atoms with van der Waals surface area (Å²) >= 11 is 0. The minimum atomic E-state index is 0.445. The number of fused-ring (bicyclic) bond motifs is 1. The number of nitrogens with zero attached hydrogens (tertiary/aromatic N) is 4. The van der Waals surface area contributed by atoms with E-state index < -0.39 is 0 Å². The molecular weight excluding hydrogens is 214 g/mol. The first-order valence-corrected chi connectivity index (χ1v) is 5.86. The molecule has 0 saturated carbocycles. The quantitative estimate of drug-likeness (QED) is 0.864. The third kappa shape index (κ3) is 2.55. The molecule has 5 nitrogen and oxygen atoms in total. The summed E-state index contributed by atoms with van der Waals surface area (Å²) in [7, 11) is 2.05. The predicted octanol–water partition coefficient (Wildman–Crippen LogP) is 1.28. The zero-order valence-electron chi connectivity index (χ0n) is 10.6. The standard InChI is InChI=1S/C12H19N5/c1-9(2)7-16(3)12-5-4-11-14-10(6-13)8-17(11)15-12/h4-5,8-9H,6-7,13H2,1-3H3. The van der Waals surface area contributed by atoms with Gasteiger partial charge in [-0.05, 0) is 18.1 Å². The van der Waals surface area contributed by atoms with Crippen molar-refractivity contribution in [2.24, 2.45) is 11.7 Å². The summed E-state index contributed by atoms with van der Waals surface area (Å²) in [5.41, 5.74) is 7.27. The fourth-order valence-corrected chi connectivity index (χ4v) is 1.86. The minimum Gasteiger partial charge on any atom is -0.358 e. The van der Waals surface area contributed by atoms with Gasteiger partial charge >= 0.3 is 0 Å². The molecule has 0 radical (unpaired) electrons. The summed E-state index contributed by atoms with van der Waals surface area (Å²) in [4.78, 5) is 6.49. The van der Waals surface area contributed by atoms with Crippen molar-refractivity contribution in [2.45, 2.75) is 20.4 Å². The molecule has 0 aliphatic rings. The van der Waals surface area contributed by atoms with Gasteiger partial charge in [0.15, 0.2) is 5.65 Å². The molecule has 0 fully saturated rings. The predicted molar refractivity (Wildman–Crippen MR) is 69.0 cm³/mol. The molecule has 0 atom stereocenters. The molecule has 0 aliphatic carbocycles. The van der Waals surface area contributed by atoms with Crippen LogP contribution in [-0.4, -0.2) is 28.2 Å². The van der Waals surface area contributed by atoms with Gasteiger partial charge in [0.1, 0.15) is 5.82 Å². The Morgan fingerprint density at radius 3 is 2.82 bits per heavy atom. The number of hydrogen-bond acceptors (Lipinski definition) is 4. The first kappa shape index (κ1) is 11.9. The topological polar surface area (TPSA) is 59.5 Å². The Hall–Kier alpha value is -1.62. The van der Waals surface area contributed by atoms with Crippen molar-refractivity contribution in [2.75, 3.05) is 18.5 Å². The van der Waals surface area contributed by atoms with Crippen LogP contribution in [-0.2, 0) is 6.54 Å². The summed E-state index contributed by atoms with van der Waals surface area (Å²) < 4.78 is 1.79. The maximum atomic E-state index is 5.56. The first-order chi connectivity index (χ1) is 8.10. The zero-order valence-corrected chi connectivity index (χ0v) is 10.6. The fourth-order valence-electron chi connectivity index (χ4n) is 1.86. The van der Waals surface area contributed by atoms with E-state index in [0.717, 1.165) is 23.7 Å². The number of aromatic nitrogens is 3. The molecule has 17 heavy (non-hydrogen) atoms. The molecule has 0 amide bonds. The lowest BCUT2D eigenvalue weighted by Crippen LogP contribution is -2.23. The van der Waals surface area contributed by atoms with Crippen molar-refractivity contribution >= 4 is 11.5 Å². The number of rotatable bonds is 4. The van der Waals surface area contributed by atoms with Gasteiger partial charge in [0, 0.05) is 20.1 Å². The Labute approximate surface area is 101 Å². The number of nitrogens with two attached hydrogens (primary N) is 1. The normalized spacial score (nSPS) is 11.4. The van der Waals surface area contributed by atoms with Crippen LogP contribution in [0.1, 0.15) is 19.5 Å². The third-order valence-corrected chi connectivity index (χ3v) is 2.60. The van der Waals surface area contributed by atoms with Gasteiger partial charge in [-0.15, -0.1) is 5.10 Å². The van der Waals surface area contributed by atoms with Crippen LogP contribution in [0.15, 0.2) is 18.3 Å². The van der Waals surface area contributed by atoms with Crippen molar-refractivity contribution in [3.63, 3.8) is 0 Å². The molecule has 0 aromatic carbocycles. The Morgan fingerprint density at radius 2 is 2.18 bits per heavy atom. The van der Waals surface area contributed by atoms with E-state index in [0.29, 0.717) is 12.5 Å². The largest absolute Gasteiger partial charge is 0.358 e. The lowest BCUT2D eigenvalue weighted by atomic mass is 10.2. The lowest BCUT2D eigenvalue weighted by Gasteiger charge is -2.19. The molecule has 0 spiro atoms. The summed E-state index contributed by atoms with van der Waals surface area (Å²) in [6, 6.07) is 3.96. The Balaban J connectivity index is 2.30. The van der Waals surface area contributed by atoms with E-state index in [9.17, 15) is 0 Å². The highest BCUT2D eigenvalue weighted by molar-refractivity contribution is 5.46. The van der Waals surface area contributed by atoms with Crippen LogP contribution in [0.25, 0.3) is 5.65 Å². The molecule has 0 bridgehead atoms. The van der Waals surface area contributed by atoms with Crippen LogP contribution in [0.4, 0.5) is 5.82 Å². The minimum absolute atomic E-state index is 0.445. The number of anilines is 1. The third-order valence-electron chi connectivity index (χ3n) is 2.60. The molecular formula is C12H19N5. The molecule has 5 heteroatoms. The van der Waals surface area contributed by atoms with Crippen molar-refractivity contribution < 1.29 is 0 Å². The molecule has 92 valence electrons. The maximum Gasteiger partial charge on any atom is 0.153 e. The van der Waals surface area contributed by atoms with Gasteiger partial charge in [-0.3, -0.25) is 0 Å². The number of hydrogen-bond donors (Lipinski definition) is 1. The van der Waals surface area contributed by atoms with Crippen LogP contribution in [0, 0.1) is 5.92 Å². The molecule has 2 rings (SSSR count). The molecule has 0 aliphatic heterocycles. The van der Waals surface area contributed by atoms with Gasteiger partial charge in [0.2, 0.25) is 0 Å². The Kier molecular flexibility index (Phi) is 3.28. The summed E-state index contributed by atoms with van der Waals surface area (Å²) in [6.07, 6.45) is 1.88. The van der Waals surface area contributed by atoms with Crippen LogP contribution >= 0.6 is 0 Å². The van der Waals surface area contributed by atoms with Crippen molar-refractivity contribution in [3.05, 3.63) is 24.0 Å². The Bertz CT molecular complexity index is 503. The molecule has 0 saturated heterocycles. The molecule has 0 unspecified atom stereocenters. The highest BCUT2D eigenvalue weighted by atomic mass is 15.3. The average molecular weight is 233 g/mol. The highest BCUT2D eigenvalue weighted by Gasteiger charge is 2.07. The summed E-state index contributed by atoms with van der Waals surface area (Å²) in [5, 5.41) is 4.52. The van der Waals surface area contributed by atoms with Gasteiger partial charge in [-0.2, -0.15) is 0 Å². The van der Waals surface area contributed by atoms with Gasteiger partial charge in [-0.1, -0.05) is 13.8 Å². The Morgan fingerprint density at radius 1 is 1.41 bits per heavy atom. The van der Waals surface area contributed by atoms with Crippen molar-refractivity contribution in [1.29, 1.82) is 0 Å². The van der Waals surface area contributed by atoms with E-state index in [4.69, 9.17) is 5.73 Å². The van der Waals surface area contributed by atoms with E-state index in [2.05, 4.69) is 35.9 Å². The van der Waals surface area contributed by atoms with Crippen molar-refractivity contribution in [3.8, 4) is 0 Å². The second-order valence-corrected chi connectivity index (χ2v) is 4.71. The monoisotopic (exact) mass is 233 g/mol. The van der Waals surface area contributed by atoms with E-state index in [1.807, 2.05) is 18.3 Å². The second-order valence-electron chi connectivity index (χ2n) is 4.71. The smallest absolute Gasteiger partial charge is 0.153 e. The van der Waals surface area contributed by atoms with Crippen LogP contribution in [0.5, 0.6) is 0 Å². The van der Waals surface area contributed by atoms with Gasteiger partial charge in [0.05, 0.1) is 11.9 Å². The van der Waals surface area contributed by atoms with E-state index in [1.165, 1.54) is 0 Å². The van der Waals surface area contributed by atoms with E-state index in [1.54, 1.807) is 4.52 Å². The zero-order chi connectivity index (χ0) is 12.4. The molecule has 2 aromatic rings. The van der Waals surface area contributed by atoms with E-state index in [-0.39, 0.29) is 0 Å². The maximum absolute atomic E-state index is 5.56. The van der Waals surface area contributed by atoms with Crippen LogP contribution in [0.3, 0.4) is 0 Å². The molecule has 2 aromatic heterocycles. The van der Waals surface area contributed by atoms with Crippen LogP contribution in [0.2, 0.25) is 0 Å². The fraction of sp³-hybridized carbons (Fsp3) is 0.500. The van der Waals surface area contributed by atoms with Gasteiger partial charge in [0.25, 0.3) is 0 Å². The molecule has 2 N–H and O–H groups in total. The highest BCUT2D eigenvalue weighted by Crippen LogP contribution is 2.12. The lowest BCUT2D eigenvalue weighted by molar-refractivity contribution is 0.631. The van der Waals surface area contributed by atoms with Crippen molar-refractivity contribution in [1.82, 2.24) is 14.6 Å². The van der Waals surface area contributed by atoms with Gasteiger partial charge < -0.3 is 10.6 Å². The first-order valence-electron chi connectivity index (χ1n) is 5.86. The summed E-state index contributed by atoms with van der Waals surface area (Å²) in [5.74, 6) is 1.56. The SMILES string of the molecule is CC(C)CN(C)c1ccc2nc(CN)cn2n1. The van der Waals surface area contributed by atoms with Gasteiger partial charge in [-0.25, -0.2) is 9.50 Å². The van der Waals surface area contributed by atoms with E-state index >= 15 is 0 Å². The molecule has 2 heterocycles. The summed E-state index contributed by atoms with van der Waals surface area (Å²) in [6.45, 7) is 5.81.